The number of carbonyl (C=O) groups excluding carboxylic acids is 2. The lowest BCUT2D eigenvalue weighted by molar-refractivity contribution is -0.162. The van der Waals surface area contributed by atoms with Crippen molar-refractivity contribution in [2.24, 2.45) is 5.41 Å². The summed E-state index contributed by atoms with van der Waals surface area (Å²) in [5, 5.41) is 9.10. The van der Waals surface area contributed by atoms with Crippen LogP contribution in [0.2, 0.25) is 0 Å². The standard InChI is InChI=1S/C13H18O6/c1-4-6-10(14)18-8-13(3,12(16)17)9-19-11(15)7-5-2/h4-7H,8-9H2,1-3H3,(H,16,17). The van der Waals surface area contributed by atoms with Crippen LogP contribution in [0.15, 0.2) is 24.3 Å². The van der Waals surface area contributed by atoms with Crippen molar-refractivity contribution in [3.05, 3.63) is 24.3 Å². The van der Waals surface area contributed by atoms with Crippen molar-refractivity contribution >= 4 is 17.9 Å². The zero-order valence-electron chi connectivity index (χ0n) is 11.2. The second-order valence-corrected chi connectivity index (χ2v) is 4.08. The fourth-order valence-electron chi connectivity index (χ4n) is 0.994. The minimum Gasteiger partial charge on any atom is -0.481 e. The second-order valence-electron chi connectivity index (χ2n) is 4.08. The molecule has 1 N–H and O–H groups in total. The Hall–Kier alpha value is -2.11. The van der Waals surface area contributed by atoms with Crippen molar-refractivity contribution < 1.29 is 29.0 Å². The molecule has 0 fully saturated rings. The Bertz CT molecular complexity index is 366. The molecule has 0 aromatic carbocycles. The van der Waals surface area contributed by atoms with E-state index in [0.29, 0.717) is 0 Å². The van der Waals surface area contributed by atoms with Gasteiger partial charge in [0.25, 0.3) is 0 Å². The van der Waals surface area contributed by atoms with Crippen LogP contribution in [0.5, 0.6) is 0 Å². The van der Waals surface area contributed by atoms with Crippen molar-refractivity contribution in [1.82, 2.24) is 0 Å². The summed E-state index contributed by atoms with van der Waals surface area (Å²) in [5.41, 5.74) is -1.48. The maximum absolute atomic E-state index is 11.1. The Morgan fingerprint density at radius 1 is 1.00 bits per heavy atom. The molecule has 0 heterocycles. The lowest BCUT2D eigenvalue weighted by Crippen LogP contribution is -2.38. The van der Waals surface area contributed by atoms with E-state index in [9.17, 15) is 14.4 Å². The fourth-order valence-corrected chi connectivity index (χ4v) is 0.994. The number of hydrogen-bond acceptors (Lipinski definition) is 5. The molecular formula is C13H18O6. The van der Waals surface area contributed by atoms with Gasteiger partial charge in [0.1, 0.15) is 18.6 Å². The number of carboxylic acids is 1. The van der Waals surface area contributed by atoms with Crippen molar-refractivity contribution in [1.29, 1.82) is 0 Å². The molecule has 106 valence electrons. The summed E-state index contributed by atoms with van der Waals surface area (Å²) >= 11 is 0. The summed E-state index contributed by atoms with van der Waals surface area (Å²) in [7, 11) is 0. The predicted molar refractivity (Wildman–Crippen MR) is 67.3 cm³/mol. The van der Waals surface area contributed by atoms with E-state index in [1.165, 1.54) is 31.2 Å². The van der Waals surface area contributed by atoms with Crippen molar-refractivity contribution in [3.8, 4) is 0 Å². The van der Waals surface area contributed by atoms with Crippen molar-refractivity contribution in [2.75, 3.05) is 13.2 Å². The minimum atomic E-state index is -1.48. The first-order valence-corrected chi connectivity index (χ1v) is 5.68. The second kappa shape index (κ2) is 8.07. The third kappa shape index (κ3) is 6.40. The van der Waals surface area contributed by atoms with E-state index in [4.69, 9.17) is 14.6 Å². The van der Waals surface area contributed by atoms with Gasteiger partial charge in [-0.3, -0.25) is 4.79 Å². The first-order valence-electron chi connectivity index (χ1n) is 5.68. The summed E-state index contributed by atoms with van der Waals surface area (Å²) < 4.78 is 9.57. The highest BCUT2D eigenvalue weighted by atomic mass is 16.5. The van der Waals surface area contributed by atoms with Gasteiger partial charge in [-0.1, -0.05) is 12.2 Å². The highest BCUT2D eigenvalue weighted by molar-refractivity contribution is 5.83. The van der Waals surface area contributed by atoms with Gasteiger partial charge in [0, 0.05) is 12.2 Å². The number of rotatable bonds is 7. The summed E-state index contributed by atoms with van der Waals surface area (Å²) in [6, 6.07) is 0. The molecule has 0 radical (unpaired) electrons. The molecular weight excluding hydrogens is 252 g/mol. The van der Waals surface area contributed by atoms with Crippen LogP contribution in [0.25, 0.3) is 0 Å². The first-order chi connectivity index (χ1) is 8.85. The Morgan fingerprint density at radius 3 is 1.63 bits per heavy atom. The van der Waals surface area contributed by atoms with Gasteiger partial charge < -0.3 is 14.6 Å². The van der Waals surface area contributed by atoms with Crippen molar-refractivity contribution in [3.63, 3.8) is 0 Å². The average Bonchev–Trinajstić information content (AvgIpc) is 2.34. The molecule has 0 aliphatic rings. The van der Waals surface area contributed by atoms with Gasteiger partial charge in [-0.05, 0) is 20.8 Å². The molecule has 0 rings (SSSR count). The van der Waals surface area contributed by atoms with Crippen LogP contribution in [-0.2, 0) is 23.9 Å². The van der Waals surface area contributed by atoms with Gasteiger partial charge in [-0.25, -0.2) is 9.59 Å². The summed E-state index contributed by atoms with van der Waals surface area (Å²) in [6.07, 6.45) is 5.31. The van der Waals surface area contributed by atoms with Crippen molar-refractivity contribution in [2.45, 2.75) is 20.8 Å². The van der Waals surface area contributed by atoms with E-state index in [1.807, 2.05) is 0 Å². The molecule has 6 nitrogen and oxygen atoms in total. The van der Waals surface area contributed by atoms with Crippen LogP contribution < -0.4 is 0 Å². The maximum Gasteiger partial charge on any atom is 0.330 e. The van der Waals surface area contributed by atoms with Gasteiger partial charge >= 0.3 is 17.9 Å². The highest BCUT2D eigenvalue weighted by Crippen LogP contribution is 2.18. The SMILES string of the molecule is CC=CC(=O)OCC(C)(COC(=O)C=CC)C(=O)O. The number of carbonyl (C=O) groups is 3. The van der Waals surface area contributed by atoms with E-state index in [1.54, 1.807) is 13.8 Å². The quantitative estimate of drug-likeness (QED) is 0.554. The Kier molecular flexibility index (Phi) is 7.18. The zero-order chi connectivity index (χ0) is 14.9. The van der Waals surface area contributed by atoms with Crippen LogP contribution in [-0.4, -0.2) is 36.2 Å². The van der Waals surface area contributed by atoms with Gasteiger partial charge in [-0.2, -0.15) is 0 Å². The van der Waals surface area contributed by atoms with E-state index < -0.39 is 23.3 Å². The zero-order valence-corrected chi connectivity index (χ0v) is 11.2. The summed E-state index contributed by atoms with van der Waals surface area (Å²) in [5.74, 6) is -2.50. The van der Waals surface area contributed by atoms with Crippen LogP contribution in [0.1, 0.15) is 20.8 Å². The molecule has 0 spiro atoms. The van der Waals surface area contributed by atoms with Gasteiger partial charge in [0.15, 0.2) is 0 Å². The number of aliphatic carboxylic acids is 1. The molecule has 6 heteroatoms. The molecule has 0 atom stereocenters. The van der Waals surface area contributed by atoms with Crippen LogP contribution in [0, 0.1) is 5.41 Å². The fraction of sp³-hybridized carbons (Fsp3) is 0.462. The maximum atomic E-state index is 11.1. The molecule has 0 saturated carbocycles. The molecule has 19 heavy (non-hydrogen) atoms. The Balaban J connectivity index is 4.54. The first kappa shape index (κ1) is 16.9. The van der Waals surface area contributed by atoms with Gasteiger partial charge in [-0.15, -0.1) is 0 Å². The molecule has 0 saturated heterocycles. The third-order valence-electron chi connectivity index (χ3n) is 2.19. The van der Waals surface area contributed by atoms with E-state index in [-0.39, 0.29) is 13.2 Å². The van der Waals surface area contributed by atoms with Gasteiger partial charge in [0.2, 0.25) is 0 Å². The topological polar surface area (TPSA) is 89.9 Å². The molecule has 0 aromatic rings. The number of carboxylic acid groups (broad SMARTS) is 1. The third-order valence-corrected chi connectivity index (χ3v) is 2.19. The van der Waals surface area contributed by atoms with Crippen LogP contribution in [0.4, 0.5) is 0 Å². The van der Waals surface area contributed by atoms with E-state index in [2.05, 4.69) is 0 Å². The Morgan fingerprint density at radius 2 is 1.37 bits per heavy atom. The molecule has 0 aromatic heterocycles. The normalized spacial score (nSPS) is 14.3. The smallest absolute Gasteiger partial charge is 0.330 e. The highest BCUT2D eigenvalue weighted by Gasteiger charge is 2.36. The largest absolute Gasteiger partial charge is 0.481 e. The number of hydrogen-bond donors (Lipinski definition) is 1. The molecule has 0 amide bonds. The van der Waals surface area contributed by atoms with Gasteiger partial charge in [0.05, 0.1) is 0 Å². The monoisotopic (exact) mass is 270 g/mol. The molecule has 0 unspecified atom stereocenters. The number of ether oxygens (including phenoxy) is 2. The lowest BCUT2D eigenvalue weighted by Gasteiger charge is -2.23. The van der Waals surface area contributed by atoms with E-state index >= 15 is 0 Å². The van der Waals surface area contributed by atoms with E-state index in [0.717, 1.165) is 0 Å². The summed E-state index contributed by atoms with van der Waals surface area (Å²) in [6.45, 7) is 3.84. The Labute approximate surface area is 111 Å². The lowest BCUT2D eigenvalue weighted by atomic mass is 9.93. The molecule has 0 bridgehead atoms. The molecule has 0 aliphatic heterocycles. The summed E-state index contributed by atoms with van der Waals surface area (Å²) in [4.78, 5) is 33.4. The van der Waals surface area contributed by atoms with Crippen LogP contribution >= 0.6 is 0 Å². The minimum absolute atomic E-state index is 0.380. The molecule has 0 aliphatic carbocycles. The average molecular weight is 270 g/mol. The number of allylic oxidation sites excluding steroid dienone is 2. The number of esters is 2. The van der Waals surface area contributed by atoms with Crippen LogP contribution in [0.3, 0.4) is 0 Å². The predicted octanol–water partition coefficient (Wildman–Crippen LogP) is 1.32.